The first kappa shape index (κ1) is 17.7. The number of nitrogens with one attached hydrogen (secondary N) is 1. The summed E-state index contributed by atoms with van der Waals surface area (Å²) in [6.07, 6.45) is 4.13. The summed E-state index contributed by atoms with van der Waals surface area (Å²) in [5.74, 6) is 1.38. The van der Waals surface area contributed by atoms with Crippen LogP contribution in [0.1, 0.15) is 35.4 Å². The number of likely N-dealkylation sites (tertiary alicyclic amines) is 1. The van der Waals surface area contributed by atoms with E-state index in [2.05, 4.69) is 41.5 Å². The maximum Gasteiger partial charge on any atom is 0.260 e. The third kappa shape index (κ3) is 3.70. The van der Waals surface area contributed by atoms with Crippen molar-refractivity contribution in [2.45, 2.75) is 32.6 Å². The summed E-state index contributed by atoms with van der Waals surface area (Å²) < 4.78 is 5.79. The first-order chi connectivity index (χ1) is 13.1. The average molecular weight is 362 g/mol. The first-order valence-electron chi connectivity index (χ1n) is 9.65. The van der Waals surface area contributed by atoms with Crippen LogP contribution in [0.5, 0.6) is 5.75 Å². The Morgan fingerprint density at radius 1 is 1.15 bits per heavy atom. The number of hydrogen-bond donors (Lipinski definition) is 1. The standard InChI is InChI=1S/C23H26N2O2/c1-16-7-8-17(2)22(13-16)27-15-23(26)25-11-9-18(10-12-25)20-14-24-21-6-4-3-5-19(20)21/h3-8,13-14,18,24H,9-12,15H2,1-2H3. The Morgan fingerprint density at radius 3 is 2.74 bits per heavy atom. The van der Waals surface area contributed by atoms with Gasteiger partial charge in [-0.2, -0.15) is 0 Å². The van der Waals surface area contributed by atoms with E-state index in [4.69, 9.17) is 4.74 Å². The molecule has 1 fully saturated rings. The molecule has 0 aliphatic carbocycles. The van der Waals surface area contributed by atoms with Gasteiger partial charge in [-0.05, 0) is 61.4 Å². The number of piperidine rings is 1. The predicted octanol–water partition coefficient (Wildman–Crippen LogP) is 4.57. The fourth-order valence-electron chi connectivity index (χ4n) is 3.97. The molecule has 1 aromatic heterocycles. The van der Waals surface area contributed by atoms with Gasteiger partial charge < -0.3 is 14.6 Å². The Bertz CT molecular complexity index is 952. The summed E-state index contributed by atoms with van der Waals surface area (Å²) in [5, 5.41) is 1.31. The van der Waals surface area contributed by atoms with E-state index in [0.717, 1.165) is 42.8 Å². The molecule has 1 saturated heterocycles. The minimum Gasteiger partial charge on any atom is -0.483 e. The van der Waals surface area contributed by atoms with Gasteiger partial charge in [0.05, 0.1) is 0 Å². The quantitative estimate of drug-likeness (QED) is 0.739. The fourth-order valence-corrected chi connectivity index (χ4v) is 3.97. The molecule has 0 bridgehead atoms. The number of rotatable bonds is 4. The van der Waals surface area contributed by atoms with Crippen molar-refractivity contribution in [1.82, 2.24) is 9.88 Å². The van der Waals surface area contributed by atoms with Crippen LogP contribution in [0.3, 0.4) is 0 Å². The van der Waals surface area contributed by atoms with Gasteiger partial charge in [0.15, 0.2) is 6.61 Å². The van der Waals surface area contributed by atoms with Crippen molar-refractivity contribution in [3.05, 3.63) is 65.4 Å². The van der Waals surface area contributed by atoms with Gasteiger partial charge in [0, 0.05) is 30.2 Å². The topological polar surface area (TPSA) is 45.3 Å². The van der Waals surface area contributed by atoms with Gasteiger partial charge in [0.25, 0.3) is 5.91 Å². The number of benzene rings is 2. The van der Waals surface area contributed by atoms with Gasteiger partial charge in [-0.25, -0.2) is 0 Å². The lowest BCUT2D eigenvalue weighted by atomic mass is 9.89. The molecule has 2 aromatic carbocycles. The highest BCUT2D eigenvalue weighted by atomic mass is 16.5. The van der Waals surface area contributed by atoms with Gasteiger partial charge in [-0.1, -0.05) is 30.3 Å². The van der Waals surface area contributed by atoms with Crippen molar-refractivity contribution >= 4 is 16.8 Å². The van der Waals surface area contributed by atoms with E-state index < -0.39 is 0 Å². The highest BCUT2D eigenvalue weighted by molar-refractivity contribution is 5.83. The van der Waals surface area contributed by atoms with Crippen LogP contribution >= 0.6 is 0 Å². The van der Waals surface area contributed by atoms with Crippen molar-refractivity contribution in [1.29, 1.82) is 0 Å². The Balaban J connectivity index is 1.35. The first-order valence-corrected chi connectivity index (χ1v) is 9.65. The van der Waals surface area contributed by atoms with Gasteiger partial charge in [-0.3, -0.25) is 4.79 Å². The molecule has 4 nitrogen and oxygen atoms in total. The number of para-hydroxylation sites is 1. The lowest BCUT2D eigenvalue weighted by molar-refractivity contribution is -0.134. The van der Waals surface area contributed by atoms with Crippen molar-refractivity contribution in [3.63, 3.8) is 0 Å². The average Bonchev–Trinajstić information content (AvgIpc) is 3.13. The molecule has 0 saturated carbocycles. The molecule has 1 aliphatic heterocycles. The van der Waals surface area contributed by atoms with Crippen LogP contribution in [-0.4, -0.2) is 35.5 Å². The Labute approximate surface area is 160 Å². The van der Waals surface area contributed by atoms with Gasteiger partial charge in [0.1, 0.15) is 5.75 Å². The van der Waals surface area contributed by atoms with Gasteiger partial charge >= 0.3 is 0 Å². The summed E-state index contributed by atoms with van der Waals surface area (Å²) in [6.45, 7) is 5.73. The molecule has 0 atom stereocenters. The molecular weight excluding hydrogens is 336 g/mol. The normalized spacial score (nSPS) is 15.3. The van der Waals surface area contributed by atoms with E-state index in [0.29, 0.717) is 5.92 Å². The summed E-state index contributed by atoms with van der Waals surface area (Å²) >= 11 is 0. The zero-order valence-corrected chi connectivity index (χ0v) is 16.0. The number of H-pyrrole nitrogens is 1. The van der Waals surface area contributed by atoms with E-state index in [-0.39, 0.29) is 12.5 Å². The highest BCUT2D eigenvalue weighted by Crippen LogP contribution is 2.33. The molecule has 140 valence electrons. The molecule has 3 aromatic rings. The van der Waals surface area contributed by atoms with Crippen LogP contribution in [0.25, 0.3) is 10.9 Å². The van der Waals surface area contributed by atoms with Crippen molar-refractivity contribution in [3.8, 4) is 5.75 Å². The van der Waals surface area contributed by atoms with Gasteiger partial charge in [0.2, 0.25) is 0 Å². The minimum atomic E-state index is 0.0771. The Hall–Kier alpha value is -2.75. The zero-order chi connectivity index (χ0) is 18.8. The molecule has 2 heterocycles. The third-order valence-corrected chi connectivity index (χ3v) is 5.60. The van der Waals surface area contributed by atoms with Crippen LogP contribution < -0.4 is 4.74 Å². The molecule has 0 radical (unpaired) electrons. The Kier molecular flexibility index (Phi) is 4.88. The number of carbonyl (C=O) groups excluding carboxylic acids is 1. The zero-order valence-electron chi connectivity index (χ0n) is 16.0. The molecule has 1 N–H and O–H groups in total. The van der Waals surface area contributed by atoms with Gasteiger partial charge in [-0.15, -0.1) is 0 Å². The second kappa shape index (κ2) is 7.47. The fraction of sp³-hybridized carbons (Fsp3) is 0.348. The van der Waals surface area contributed by atoms with Crippen molar-refractivity contribution in [2.75, 3.05) is 19.7 Å². The van der Waals surface area contributed by atoms with E-state index in [1.807, 2.05) is 30.9 Å². The van der Waals surface area contributed by atoms with Crippen molar-refractivity contribution in [2.24, 2.45) is 0 Å². The maximum absolute atomic E-state index is 12.6. The van der Waals surface area contributed by atoms with Crippen LogP contribution in [0.15, 0.2) is 48.7 Å². The van der Waals surface area contributed by atoms with Crippen molar-refractivity contribution < 1.29 is 9.53 Å². The van der Waals surface area contributed by atoms with Crippen LogP contribution in [-0.2, 0) is 4.79 Å². The molecule has 4 heteroatoms. The number of aromatic amines is 1. The van der Waals surface area contributed by atoms with E-state index >= 15 is 0 Å². The van der Waals surface area contributed by atoms with E-state index in [1.165, 1.54) is 16.5 Å². The summed E-state index contributed by atoms with van der Waals surface area (Å²) in [6, 6.07) is 14.5. The minimum absolute atomic E-state index is 0.0771. The second-order valence-corrected chi connectivity index (χ2v) is 7.50. The second-order valence-electron chi connectivity index (χ2n) is 7.50. The number of amides is 1. The summed E-state index contributed by atoms with van der Waals surface area (Å²) in [4.78, 5) is 17.9. The largest absolute Gasteiger partial charge is 0.483 e. The molecule has 0 spiro atoms. The number of fused-ring (bicyclic) bond motifs is 1. The predicted molar refractivity (Wildman–Crippen MR) is 108 cm³/mol. The number of aromatic nitrogens is 1. The molecule has 4 rings (SSSR count). The number of hydrogen-bond acceptors (Lipinski definition) is 2. The third-order valence-electron chi connectivity index (χ3n) is 5.60. The maximum atomic E-state index is 12.6. The number of nitrogens with zero attached hydrogens (tertiary/aromatic N) is 1. The molecular formula is C23H26N2O2. The lowest BCUT2D eigenvalue weighted by Gasteiger charge is -2.32. The van der Waals surface area contributed by atoms with Crippen LogP contribution in [0.2, 0.25) is 0 Å². The molecule has 0 unspecified atom stereocenters. The number of aryl methyl sites for hydroxylation is 2. The summed E-state index contributed by atoms with van der Waals surface area (Å²) in [7, 11) is 0. The van der Waals surface area contributed by atoms with Crippen LogP contribution in [0.4, 0.5) is 0 Å². The lowest BCUT2D eigenvalue weighted by Crippen LogP contribution is -2.40. The number of carbonyl (C=O) groups is 1. The monoisotopic (exact) mass is 362 g/mol. The van der Waals surface area contributed by atoms with E-state index in [9.17, 15) is 4.79 Å². The van der Waals surface area contributed by atoms with E-state index in [1.54, 1.807) is 0 Å². The van der Waals surface area contributed by atoms with Crippen LogP contribution in [0, 0.1) is 13.8 Å². The Morgan fingerprint density at radius 2 is 1.93 bits per heavy atom. The SMILES string of the molecule is Cc1ccc(C)c(OCC(=O)N2CCC(c3c[nH]c4ccccc34)CC2)c1. The summed E-state index contributed by atoms with van der Waals surface area (Å²) in [5.41, 5.74) is 4.77. The number of ether oxygens (including phenoxy) is 1. The highest BCUT2D eigenvalue weighted by Gasteiger charge is 2.25. The molecule has 1 aliphatic rings. The molecule has 1 amide bonds. The smallest absolute Gasteiger partial charge is 0.260 e. The molecule has 27 heavy (non-hydrogen) atoms.